The fourth-order valence-corrected chi connectivity index (χ4v) is 4.49. The third-order valence-electron chi connectivity index (χ3n) is 6.28. The van der Waals surface area contributed by atoms with E-state index in [9.17, 15) is 4.79 Å². The highest BCUT2D eigenvalue weighted by molar-refractivity contribution is 5.73. The van der Waals surface area contributed by atoms with Gasteiger partial charge >= 0.3 is 0 Å². The maximum Gasteiger partial charge on any atom is 0.244 e. The Hall–Kier alpha value is -3.33. The molecule has 0 bridgehead atoms. The summed E-state index contributed by atoms with van der Waals surface area (Å²) in [5, 5.41) is 4.27. The van der Waals surface area contributed by atoms with Crippen molar-refractivity contribution in [2.45, 2.75) is 32.4 Å². The molecule has 9 nitrogen and oxygen atoms in total. The van der Waals surface area contributed by atoms with Gasteiger partial charge in [0.1, 0.15) is 5.82 Å². The van der Waals surface area contributed by atoms with Crippen LogP contribution in [-0.4, -0.2) is 68.5 Å². The SMILES string of the molecule is CC(=O)N1CCN(c2cc(-c3noc([C@@H]4CCCN4Cc4ccncc4)n3)ccn2)CC1. The molecule has 9 heteroatoms. The fourth-order valence-electron chi connectivity index (χ4n) is 4.49. The topological polar surface area (TPSA) is 91.5 Å². The zero-order valence-electron chi connectivity index (χ0n) is 18.2. The van der Waals surface area contributed by atoms with E-state index in [1.54, 1.807) is 13.1 Å². The van der Waals surface area contributed by atoms with Crippen molar-refractivity contribution >= 4 is 11.7 Å². The first-order chi connectivity index (χ1) is 15.7. The van der Waals surface area contributed by atoms with Crippen LogP contribution in [-0.2, 0) is 11.3 Å². The molecular weight excluding hydrogens is 406 g/mol. The Labute approximate surface area is 187 Å². The molecule has 0 spiro atoms. The van der Waals surface area contributed by atoms with Crippen molar-refractivity contribution in [3.8, 4) is 11.4 Å². The molecule has 32 heavy (non-hydrogen) atoms. The summed E-state index contributed by atoms with van der Waals surface area (Å²) in [4.78, 5) is 31.4. The van der Waals surface area contributed by atoms with Crippen LogP contribution >= 0.6 is 0 Å². The number of hydrogen-bond acceptors (Lipinski definition) is 8. The van der Waals surface area contributed by atoms with Crippen molar-refractivity contribution in [3.63, 3.8) is 0 Å². The van der Waals surface area contributed by atoms with Gasteiger partial charge in [-0.05, 0) is 49.2 Å². The average molecular weight is 434 g/mol. The summed E-state index contributed by atoms with van der Waals surface area (Å²) in [5.74, 6) is 2.24. The van der Waals surface area contributed by atoms with E-state index < -0.39 is 0 Å². The van der Waals surface area contributed by atoms with Gasteiger partial charge in [0.2, 0.25) is 17.6 Å². The minimum absolute atomic E-state index is 0.121. The monoisotopic (exact) mass is 433 g/mol. The van der Waals surface area contributed by atoms with Crippen molar-refractivity contribution in [3.05, 3.63) is 54.3 Å². The van der Waals surface area contributed by atoms with E-state index in [-0.39, 0.29) is 11.9 Å². The number of anilines is 1. The highest BCUT2D eigenvalue weighted by atomic mass is 16.5. The minimum atomic E-state index is 0.121. The Kier molecular flexibility index (Phi) is 5.81. The van der Waals surface area contributed by atoms with E-state index in [0.29, 0.717) is 24.8 Å². The quantitative estimate of drug-likeness (QED) is 0.606. The Morgan fingerprint density at radius 3 is 2.69 bits per heavy atom. The maximum absolute atomic E-state index is 11.6. The van der Waals surface area contributed by atoms with Gasteiger partial charge in [0.25, 0.3) is 0 Å². The van der Waals surface area contributed by atoms with Crippen LogP contribution in [0.25, 0.3) is 11.4 Å². The van der Waals surface area contributed by atoms with Crippen LogP contribution in [0.2, 0.25) is 0 Å². The number of carbonyl (C=O) groups excluding carboxylic acids is 1. The average Bonchev–Trinajstić information content (AvgIpc) is 3.49. The van der Waals surface area contributed by atoms with Crippen molar-refractivity contribution < 1.29 is 9.32 Å². The molecule has 0 N–H and O–H groups in total. The first-order valence-electron chi connectivity index (χ1n) is 11.1. The van der Waals surface area contributed by atoms with Gasteiger partial charge < -0.3 is 14.3 Å². The molecule has 3 aromatic heterocycles. The number of amides is 1. The zero-order chi connectivity index (χ0) is 21.9. The smallest absolute Gasteiger partial charge is 0.244 e. The second kappa shape index (κ2) is 9.04. The van der Waals surface area contributed by atoms with Crippen LogP contribution in [0, 0.1) is 0 Å². The summed E-state index contributed by atoms with van der Waals surface area (Å²) < 4.78 is 5.70. The third kappa shape index (κ3) is 4.34. The van der Waals surface area contributed by atoms with E-state index in [4.69, 9.17) is 9.51 Å². The normalized spacial score (nSPS) is 19.5. The van der Waals surface area contributed by atoms with Crippen molar-refractivity contribution in [1.29, 1.82) is 0 Å². The van der Waals surface area contributed by atoms with Crippen molar-refractivity contribution in [2.75, 3.05) is 37.6 Å². The standard InChI is InChI=1S/C23H27N7O2/c1-17(31)28-11-13-29(14-12-28)21-15-19(6-9-25-21)22-26-23(32-27-22)20-3-2-10-30(20)16-18-4-7-24-8-5-18/h4-9,15,20H,2-3,10-14,16H2,1H3/t20-/m0/s1. The molecule has 2 fully saturated rings. The molecule has 1 atom stereocenters. The zero-order valence-corrected chi connectivity index (χ0v) is 18.2. The summed E-state index contributed by atoms with van der Waals surface area (Å²) in [6, 6.07) is 8.13. The molecule has 5 heterocycles. The molecule has 5 rings (SSSR count). The van der Waals surface area contributed by atoms with Gasteiger partial charge in [-0.3, -0.25) is 14.7 Å². The number of rotatable bonds is 5. The van der Waals surface area contributed by atoms with Crippen molar-refractivity contribution in [1.82, 2.24) is 29.9 Å². The van der Waals surface area contributed by atoms with Gasteiger partial charge in [-0.1, -0.05) is 5.16 Å². The molecule has 0 unspecified atom stereocenters. The number of pyridine rings is 2. The van der Waals surface area contributed by atoms with Gasteiger partial charge in [0, 0.05) is 63.8 Å². The van der Waals surface area contributed by atoms with Gasteiger partial charge in [0.15, 0.2) is 0 Å². The Bertz CT molecular complexity index is 1060. The third-order valence-corrected chi connectivity index (χ3v) is 6.28. The molecule has 2 aliphatic heterocycles. The van der Waals surface area contributed by atoms with E-state index in [1.807, 2.05) is 41.6 Å². The molecule has 1 amide bonds. The van der Waals surface area contributed by atoms with Crippen LogP contribution in [0.5, 0.6) is 0 Å². The molecule has 2 saturated heterocycles. The number of piperazine rings is 1. The van der Waals surface area contributed by atoms with E-state index >= 15 is 0 Å². The highest BCUT2D eigenvalue weighted by Gasteiger charge is 2.31. The van der Waals surface area contributed by atoms with Crippen LogP contribution in [0.15, 0.2) is 47.4 Å². The summed E-state index contributed by atoms with van der Waals surface area (Å²) >= 11 is 0. The molecule has 166 valence electrons. The molecule has 3 aromatic rings. The van der Waals surface area contributed by atoms with Crippen LogP contribution in [0.3, 0.4) is 0 Å². The van der Waals surface area contributed by atoms with Gasteiger partial charge in [-0.25, -0.2) is 4.98 Å². The van der Waals surface area contributed by atoms with Gasteiger partial charge in [0.05, 0.1) is 6.04 Å². The molecule has 0 radical (unpaired) electrons. The summed E-state index contributed by atoms with van der Waals surface area (Å²) in [6.07, 6.45) is 7.55. The second-order valence-corrected chi connectivity index (χ2v) is 8.34. The molecule has 0 aromatic carbocycles. The second-order valence-electron chi connectivity index (χ2n) is 8.34. The highest BCUT2D eigenvalue weighted by Crippen LogP contribution is 2.33. The number of hydrogen-bond donors (Lipinski definition) is 0. The molecular formula is C23H27N7O2. The maximum atomic E-state index is 11.6. The molecule has 2 aliphatic rings. The largest absolute Gasteiger partial charge is 0.353 e. The molecule has 0 aliphatic carbocycles. The Morgan fingerprint density at radius 2 is 1.91 bits per heavy atom. The van der Waals surface area contributed by atoms with E-state index in [1.165, 1.54) is 5.56 Å². The lowest BCUT2D eigenvalue weighted by atomic mass is 10.2. The first-order valence-corrected chi connectivity index (χ1v) is 11.1. The Balaban J connectivity index is 1.29. The van der Waals surface area contributed by atoms with Crippen molar-refractivity contribution in [2.24, 2.45) is 0 Å². The molecule has 0 saturated carbocycles. The lowest BCUT2D eigenvalue weighted by Crippen LogP contribution is -2.48. The predicted octanol–water partition coefficient (Wildman–Crippen LogP) is 2.53. The van der Waals surface area contributed by atoms with Crippen LogP contribution < -0.4 is 4.90 Å². The fraction of sp³-hybridized carbons (Fsp3) is 0.435. The van der Waals surface area contributed by atoms with E-state index in [0.717, 1.165) is 50.4 Å². The summed E-state index contributed by atoms with van der Waals surface area (Å²) in [7, 11) is 0. The van der Waals surface area contributed by atoms with Gasteiger partial charge in [-0.2, -0.15) is 4.98 Å². The number of likely N-dealkylation sites (tertiary alicyclic amines) is 1. The number of aromatic nitrogens is 4. The van der Waals surface area contributed by atoms with Gasteiger partial charge in [-0.15, -0.1) is 0 Å². The number of carbonyl (C=O) groups is 1. The summed E-state index contributed by atoms with van der Waals surface area (Å²) in [5.41, 5.74) is 2.12. The Morgan fingerprint density at radius 1 is 1.09 bits per heavy atom. The first kappa shape index (κ1) is 20.6. The number of nitrogens with zero attached hydrogens (tertiary/aromatic N) is 7. The van der Waals surface area contributed by atoms with E-state index in [2.05, 4.69) is 24.9 Å². The summed E-state index contributed by atoms with van der Waals surface area (Å²) in [6.45, 7) is 6.42. The van der Waals surface area contributed by atoms with Crippen LogP contribution in [0.1, 0.15) is 37.3 Å². The van der Waals surface area contributed by atoms with Crippen LogP contribution in [0.4, 0.5) is 5.82 Å². The lowest BCUT2D eigenvalue weighted by Gasteiger charge is -2.34. The minimum Gasteiger partial charge on any atom is -0.353 e. The predicted molar refractivity (Wildman–Crippen MR) is 119 cm³/mol. The lowest BCUT2D eigenvalue weighted by molar-refractivity contribution is -0.129.